The average molecular weight is 436 g/mol. The monoisotopic (exact) mass is 435 g/mol. The van der Waals surface area contributed by atoms with Crippen LogP contribution in [-0.4, -0.2) is 68.4 Å². The molecule has 0 amide bonds. The SMILES string of the molecule is CNc1nc(C2CCN(S(=O)(=O)c3cc(F)ccc3OC)C2)nc2c1CCN(C)C2. The van der Waals surface area contributed by atoms with E-state index in [0.717, 1.165) is 42.7 Å². The lowest BCUT2D eigenvalue weighted by molar-refractivity contribution is 0.306. The molecule has 4 rings (SSSR count). The molecule has 0 bridgehead atoms. The van der Waals surface area contributed by atoms with Crippen molar-refractivity contribution in [2.45, 2.75) is 30.2 Å². The fraction of sp³-hybridized carbons (Fsp3) is 0.500. The van der Waals surface area contributed by atoms with Gasteiger partial charge < -0.3 is 15.0 Å². The second kappa shape index (κ2) is 8.09. The van der Waals surface area contributed by atoms with E-state index in [0.29, 0.717) is 18.8 Å². The summed E-state index contributed by atoms with van der Waals surface area (Å²) in [6.07, 6.45) is 1.49. The van der Waals surface area contributed by atoms with Gasteiger partial charge in [-0.05, 0) is 38.1 Å². The van der Waals surface area contributed by atoms with Crippen molar-refractivity contribution in [1.82, 2.24) is 19.2 Å². The minimum absolute atomic E-state index is 0.121. The number of nitrogens with one attached hydrogen (secondary N) is 1. The molecule has 162 valence electrons. The molecule has 2 aliphatic rings. The number of aromatic nitrogens is 2. The third-order valence-electron chi connectivity index (χ3n) is 5.77. The fourth-order valence-corrected chi connectivity index (χ4v) is 5.79. The maximum atomic E-state index is 13.7. The minimum Gasteiger partial charge on any atom is -0.495 e. The number of rotatable bonds is 5. The first kappa shape index (κ1) is 21.0. The summed E-state index contributed by atoms with van der Waals surface area (Å²) in [7, 11) is 1.37. The molecule has 1 fully saturated rings. The van der Waals surface area contributed by atoms with Gasteiger partial charge in [-0.25, -0.2) is 22.8 Å². The number of methoxy groups -OCH3 is 1. The molecule has 30 heavy (non-hydrogen) atoms. The number of benzene rings is 1. The van der Waals surface area contributed by atoms with E-state index in [1.807, 2.05) is 7.05 Å². The Kier molecular flexibility index (Phi) is 5.65. The van der Waals surface area contributed by atoms with Gasteiger partial charge in [-0.3, -0.25) is 0 Å². The van der Waals surface area contributed by atoms with Gasteiger partial charge in [-0.2, -0.15) is 4.31 Å². The van der Waals surface area contributed by atoms with E-state index in [1.165, 1.54) is 23.5 Å². The van der Waals surface area contributed by atoms with Crippen molar-refractivity contribution >= 4 is 15.8 Å². The zero-order chi connectivity index (χ0) is 21.5. The number of ether oxygens (including phenoxy) is 1. The molecule has 3 heterocycles. The molecule has 1 aromatic carbocycles. The Morgan fingerprint density at radius 2 is 2.07 bits per heavy atom. The van der Waals surface area contributed by atoms with Crippen molar-refractivity contribution in [2.75, 3.05) is 46.2 Å². The molecule has 2 aliphatic heterocycles. The summed E-state index contributed by atoms with van der Waals surface area (Å²) in [5.74, 6) is 0.855. The van der Waals surface area contributed by atoms with E-state index in [2.05, 4.69) is 17.3 Å². The van der Waals surface area contributed by atoms with Gasteiger partial charge in [0.05, 0.1) is 12.8 Å². The van der Waals surface area contributed by atoms with Crippen LogP contribution in [0.1, 0.15) is 29.4 Å². The molecule has 0 saturated carbocycles. The Balaban J connectivity index is 1.62. The number of hydrogen-bond donors (Lipinski definition) is 1. The van der Waals surface area contributed by atoms with Crippen LogP contribution < -0.4 is 10.1 Å². The molecule has 1 aromatic heterocycles. The summed E-state index contributed by atoms with van der Waals surface area (Å²) in [6.45, 7) is 2.27. The molecule has 1 unspecified atom stereocenters. The van der Waals surface area contributed by atoms with E-state index in [-0.39, 0.29) is 23.1 Å². The summed E-state index contributed by atoms with van der Waals surface area (Å²) in [4.78, 5) is 11.5. The highest BCUT2D eigenvalue weighted by Gasteiger charge is 2.37. The van der Waals surface area contributed by atoms with Crippen LogP contribution in [0.2, 0.25) is 0 Å². The largest absolute Gasteiger partial charge is 0.495 e. The van der Waals surface area contributed by atoms with E-state index in [4.69, 9.17) is 14.7 Å². The maximum Gasteiger partial charge on any atom is 0.246 e. The lowest BCUT2D eigenvalue weighted by Gasteiger charge is -2.26. The van der Waals surface area contributed by atoms with Crippen molar-refractivity contribution in [3.63, 3.8) is 0 Å². The molecule has 1 N–H and O–H groups in total. The van der Waals surface area contributed by atoms with Gasteiger partial charge in [0.15, 0.2) is 0 Å². The Labute approximate surface area is 176 Å². The predicted octanol–water partition coefficient (Wildman–Crippen LogP) is 1.83. The second-order valence-electron chi connectivity index (χ2n) is 7.74. The highest BCUT2D eigenvalue weighted by molar-refractivity contribution is 7.89. The first-order valence-corrected chi connectivity index (χ1v) is 11.4. The van der Waals surface area contributed by atoms with Gasteiger partial charge in [0.25, 0.3) is 0 Å². The van der Waals surface area contributed by atoms with Crippen molar-refractivity contribution in [1.29, 1.82) is 0 Å². The second-order valence-corrected chi connectivity index (χ2v) is 9.64. The Hall–Kier alpha value is -2.30. The molecule has 0 radical (unpaired) electrons. The van der Waals surface area contributed by atoms with Gasteiger partial charge in [0, 0.05) is 44.7 Å². The lowest BCUT2D eigenvalue weighted by Crippen LogP contribution is -2.30. The molecule has 1 saturated heterocycles. The number of fused-ring (bicyclic) bond motifs is 1. The number of anilines is 1. The number of likely N-dealkylation sites (N-methyl/N-ethyl adjacent to an activating group) is 1. The highest BCUT2D eigenvalue weighted by atomic mass is 32.2. The standard InChI is InChI=1S/C20H26FN5O3S/c1-22-20-15-7-8-25(2)12-16(15)23-19(24-20)13-6-9-26(11-13)30(27,28)18-10-14(21)4-5-17(18)29-3/h4-5,10,13H,6-9,11-12H2,1-3H3,(H,22,23,24). The molecule has 1 atom stereocenters. The molecule has 0 spiro atoms. The smallest absolute Gasteiger partial charge is 0.246 e. The van der Waals surface area contributed by atoms with Crippen LogP contribution in [0.25, 0.3) is 0 Å². The van der Waals surface area contributed by atoms with Gasteiger partial charge in [0.1, 0.15) is 28.1 Å². The van der Waals surface area contributed by atoms with Crippen molar-refractivity contribution in [3.8, 4) is 5.75 Å². The third-order valence-corrected chi connectivity index (χ3v) is 7.66. The lowest BCUT2D eigenvalue weighted by atomic mass is 10.0. The average Bonchev–Trinajstić information content (AvgIpc) is 3.24. The normalized spacial score (nSPS) is 20.2. The first-order valence-electron chi connectivity index (χ1n) is 9.93. The minimum atomic E-state index is -3.90. The van der Waals surface area contributed by atoms with Crippen molar-refractivity contribution < 1.29 is 17.5 Å². The van der Waals surface area contributed by atoms with Gasteiger partial charge in [-0.1, -0.05) is 0 Å². The van der Waals surface area contributed by atoms with Gasteiger partial charge in [0.2, 0.25) is 10.0 Å². The van der Waals surface area contributed by atoms with Crippen molar-refractivity contribution in [2.24, 2.45) is 0 Å². The topological polar surface area (TPSA) is 87.7 Å². The van der Waals surface area contributed by atoms with Crippen LogP contribution >= 0.6 is 0 Å². The van der Waals surface area contributed by atoms with Crippen LogP contribution in [0.5, 0.6) is 5.75 Å². The molecule has 8 nitrogen and oxygen atoms in total. The molecular weight excluding hydrogens is 409 g/mol. The van der Waals surface area contributed by atoms with Crippen LogP contribution in [0.3, 0.4) is 0 Å². The zero-order valence-corrected chi connectivity index (χ0v) is 18.2. The Morgan fingerprint density at radius 3 is 2.80 bits per heavy atom. The van der Waals surface area contributed by atoms with E-state index in [9.17, 15) is 12.8 Å². The van der Waals surface area contributed by atoms with Crippen LogP contribution in [0.4, 0.5) is 10.2 Å². The highest BCUT2D eigenvalue weighted by Crippen LogP contribution is 2.34. The number of nitrogens with zero attached hydrogens (tertiary/aromatic N) is 4. The van der Waals surface area contributed by atoms with E-state index >= 15 is 0 Å². The zero-order valence-electron chi connectivity index (χ0n) is 17.4. The molecular formula is C20H26FN5O3S. The van der Waals surface area contributed by atoms with Gasteiger partial charge in [-0.15, -0.1) is 0 Å². The van der Waals surface area contributed by atoms with Crippen LogP contribution in [-0.2, 0) is 23.0 Å². The quantitative estimate of drug-likeness (QED) is 0.767. The summed E-state index contributed by atoms with van der Waals surface area (Å²) >= 11 is 0. The Morgan fingerprint density at radius 1 is 1.27 bits per heavy atom. The first-order chi connectivity index (χ1) is 14.3. The molecule has 0 aliphatic carbocycles. The number of halogens is 1. The fourth-order valence-electron chi connectivity index (χ4n) is 4.12. The molecule has 2 aromatic rings. The van der Waals surface area contributed by atoms with Crippen molar-refractivity contribution in [3.05, 3.63) is 41.1 Å². The number of sulfonamides is 1. The third kappa shape index (κ3) is 3.75. The van der Waals surface area contributed by atoms with E-state index in [1.54, 1.807) is 0 Å². The van der Waals surface area contributed by atoms with Crippen LogP contribution in [0, 0.1) is 5.82 Å². The van der Waals surface area contributed by atoms with Gasteiger partial charge >= 0.3 is 0 Å². The Bertz CT molecular complexity index is 1060. The summed E-state index contributed by atoms with van der Waals surface area (Å²) < 4.78 is 46.6. The summed E-state index contributed by atoms with van der Waals surface area (Å²) in [6, 6.07) is 3.52. The number of hydrogen-bond acceptors (Lipinski definition) is 7. The summed E-state index contributed by atoms with van der Waals surface area (Å²) in [5.41, 5.74) is 2.12. The predicted molar refractivity (Wildman–Crippen MR) is 111 cm³/mol. The molecule has 10 heteroatoms. The van der Waals surface area contributed by atoms with Crippen LogP contribution in [0.15, 0.2) is 23.1 Å². The summed E-state index contributed by atoms with van der Waals surface area (Å²) in [5, 5.41) is 3.16. The maximum absolute atomic E-state index is 13.7. The van der Waals surface area contributed by atoms with E-state index < -0.39 is 15.8 Å².